The third-order valence-corrected chi connectivity index (χ3v) is 4.85. The summed E-state index contributed by atoms with van der Waals surface area (Å²) in [5.41, 5.74) is 0.921. The third-order valence-electron chi connectivity index (χ3n) is 4.16. The first-order valence-corrected chi connectivity index (χ1v) is 7.69. The van der Waals surface area contributed by atoms with Gasteiger partial charge in [0.05, 0.1) is 11.2 Å². The van der Waals surface area contributed by atoms with E-state index in [2.05, 4.69) is 0 Å². The SMILES string of the molecule is O=C(c1ccsc1)N1CCC2(CCCCO2)CC1. The molecule has 0 saturated carbocycles. The van der Waals surface area contributed by atoms with Crippen molar-refractivity contribution in [3.05, 3.63) is 22.4 Å². The lowest BCUT2D eigenvalue weighted by Gasteiger charge is -2.43. The Labute approximate surface area is 112 Å². The summed E-state index contributed by atoms with van der Waals surface area (Å²) in [6, 6.07) is 1.91. The molecule has 0 atom stereocenters. The van der Waals surface area contributed by atoms with Crippen molar-refractivity contribution in [1.82, 2.24) is 4.90 Å². The zero-order valence-electron chi connectivity index (χ0n) is 10.6. The van der Waals surface area contributed by atoms with Crippen LogP contribution in [0.4, 0.5) is 0 Å². The first-order valence-electron chi connectivity index (χ1n) is 6.75. The van der Waals surface area contributed by atoms with Crippen LogP contribution in [0.25, 0.3) is 0 Å². The largest absolute Gasteiger partial charge is 0.375 e. The maximum Gasteiger partial charge on any atom is 0.254 e. The van der Waals surface area contributed by atoms with Crippen molar-refractivity contribution < 1.29 is 9.53 Å². The highest BCUT2D eigenvalue weighted by molar-refractivity contribution is 7.08. The summed E-state index contributed by atoms with van der Waals surface area (Å²) in [6.07, 6.45) is 5.65. The second kappa shape index (κ2) is 5.02. The molecule has 98 valence electrons. The van der Waals surface area contributed by atoms with Crippen LogP contribution in [0.15, 0.2) is 16.8 Å². The number of thiophene rings is 1. The highest BCUT2D eigenvalue weighted by atomic mass is 32.1. The highest BCUT2D eigenvalue weighted by Crippen LogP contribution is 2.35. The topological polar surface area (TPSA) is 29.5 Å². The maximum absolute atomic E-state index is 12.2. The average molecular weight is 265 g/mol. The number of carbonyl (C=O) groups is 1. The van der Waals surface area contributed by atoms with Crippen molar-refractivity contribution >= 4 is 17.2 Å². The summed E-state index contributed by atoms with van der Waals surface area (Å²) >= 11 is 1.58. The molecule has 18 heavy (non-hydrogen) atoms. The van der Waals surface area contributed by atoms with Crippen LogP contribution in [0.5, 0.6) is 0 Å². The van der Waals surface area contributed by atoms with E-state index in [0.717, 1.165) is 38.1 Å². The van der Waals surface area contributed by atoms with Gasteiger partial charge in [-0.25, -0.2) is 0 Å². The van der Waals surface area contributed by atoms with Gasteiger partial charge in [0.2, 0.25) is 0 Å². The lowest BCUT2D eigenvalue weighted by Crippen LogP contribution is -2.49. The molecule has 0 bridgehead atoms. The van der Waals surface area contributed by atoms with Crippen LogP contribution in [0, 0.1) is 0 Å². The van der Waals surface area contributed by atoms with Crippen molar-refractivity contribution in [1.29, 1.82) is 0 Å². The van der Waals surface area contributed by atoms with Crippen LogP contribution in [0.3, 0.4) is 0 Å². The smallest absolute Gasteiger partial charge is 0.254 e. The summed E-state index contributed by atoms with van der Waals surface area (Å²) in [5.74, 6) is 0.182. The molecule has 4 heteroatoms. The molecule has 0 aliphatic carbocycles. The molecule has 1 aromatic rings. The minimum atomic E-state index is 0.0870. The van der Waals surface area contributed by atoms with Gasteiger partial charge in [-0.3, -0.25) is 4.79 Å². The number of rotatable bonds is 1. The molecule has 3 rings (SSSR count). The third kappa shape index (κ3) is 2.31. The fourth-order valence-corrected chi connectivity index (χ4v) is 3.62. The van der Waals surface area contributed by atoms with Gasteiger partial charge < -0.3 is 9.64 Å². The van der Waals surface area contributed by atoms with Crippen LogP contribution in [0.1, 0.15) is 42.5 Å². The summed E-state index contributed by atoms with van der Waals surface area (Å²) in [5, 5.41) is 3.90. The predicted octanol–water partition coefficient (Wildman–Crippen LogP) is 2.92. The lowest BCUT2D eigenvalue weighted by atomic mass is 9.84. The molecule has 1 spiro atoms. The van der Waals surface area contributed by atoms with E-state index < -0.39 is 0 Å². The van der Waals surface area contributed by atoms with E-state index in [1.807, 2.05) is 21.7 Å². The van der Waals surface area contributed by atoms with Crippen molar-refractivity contribution in [2.24, 2.45) is 0 Å². The number of carbonyl (C=O) groups excluding carboxylic acids is 1. The number of piperidine rings is 1. The molecule has 1 aromatic heterocycles. The number of likely N-dealkylation sites (tertiary alicyclic amines) is 1. The van der Waals surface area contributed by atoms with Gasteiger partial charge in [0.25, 0.3) is 5.91 Å². The summed E-state index contributed by atoms with van der Waals surface area (Å²) in [4.78, 5) is 14.2. The zero-order valence-corrected chi connectivity index (χ0v) is 11.4. The lowest BCUT2D eigenvalue weighted by molar-refractivity contribution is -0.107. The zero-order chi connectivity index (χ0) is 12.4. The van der Waals surface area contributed by atoms with E-state index in [1.54, 1.807) is 11.3 Å². The van der Waals surface area contributed by atoms with Crippen molar-refractivity contribution in [2.45, 2.75) is 37.7 Å². The minimum absolute atomic E-state index is 0.0870. The van der Waals surface area contributed by atoms with Gasteiger partial charge >= 0.3 is 0 Å². The summed E-state index contributed by atoms with van der Waals surface area (Å²) in [6.45, 7) is 2.59. The normalized spacial score (nSPS) is 23.2. The molecule has 0 radical (unpaired) electrons. The Morgan fingerprint density at radius 2 is 2.11 bits per heavy atom. The van der Waals surface area contributed by atoms with Gasteiger partial charge in [0.15, 0.2) is 0 Å². The molecule has 0 aromatic carbocycles. The Morgan fingerprint density at radius 1 is 1.28 bits per heavy atom. The Morgan fingerprint density at radius 3 is 2.72 bits per heavy atom. The molecule has 3 heterocycles. The van der Waals surface area contributed by atoms with Crippen LogP contribution < -0.4 is 0 Å². The summed E-state index contributed by atoms with van der Waals surface area (Å²) < 4.78 is 5.99. The quantitative estimate of drug-likeness (QED) is 0.781. The predicted molar refractivity (Wildman–Crippen MR) is 72.0 cm³/mol. The number of ether oxygens (including phenoxy) is 1. The van der Waals surface area contributed by atoms with E-state index in [4.69, 9.17) is 4.74 Å². The van der Waals surface area contributed by atoms with Gasteiger partial charge in [0.1, 0.15) is 0 Å². The standard InChI is InChI=1S/C14H19NO2S/c16-13(12-3-10-18-11-12)15-7-5-14(6-8-15)4-1-2-9-17-14/h3,10-11H,1-2,4-9H2. The Balaban J connectivity index is 1.61. The fraction of sp³-hybridized carbons (Fsp3) is 0.643. The Hall–Kier alpha value is -0.870. The average Bonchev–Trinajstić information content (AvgIpc) is 2.94. The van der Waals surface area contributed by atoms with Gasteiger partial charge in [-0.05, 0) is 43.6 Å². The Kier molecular flexibility index (Phi) is 3.39. The molecular weight excluding hydrogens is 246 g/mol. The van der Waals surface area contributed by atoms with Crippen molar-refractivity contribution in [3.8, 4) is 0 Å². The van der Waals surface area contributed by atoms with Crippen molar-refractivity contribution in [3.63, 3.8) is 0 Å². The monoisotopic (exact) mass is 265 g/mol. The van der Waals surface area contributed by atoms with Crippen LogP contribution in [-0.2, 0) is 4.74 Å². The minimum Gasteiger partial charge on any atom is -0.375 e. The molecule has 2 fully saturated rings. The van der Waals surface area contributed by atoms with E-state index in [-0.39, 0.29) is 11.5 Å². The number of nitrogens with zero attached hydrogens (tertiary/aromatic N) is 1. The molecule has 2 saturated heterocycles. The van der Waals surface area contributed by atoms with E-state index in [1.165, 1.54) is 19.3 Å². The molecule has 0 N–H and O–H groups in total. The van der Waals surface area contributed by atoms with Gasteiger partial charge in [0, 0.05) is 25.1 Å². The summed E-state index contributed by atoms with van der Waals surface area (Å²) in [7, 11) is 0. The Bertz CT molecular complexity index is 399. The van der Waals surface area contributed by atoms with Gasteiger partial charge in [-0.15, -0.1) is 0 Å². The van der Waals surface area contributed by atoms with Crippen LogP contribution in [-0.4, -0.2) is 36.1 Å². The second-order valence-corrected chi connectivity index (χ2v) is 6.07. The van der Waals surface area contributed by atoms with E-state index in [9.17, 15) is 4.79 Å². The molecule has 2 aliphatic heterocycles. The number of amides is 1. The fourth-order valence-electron chi connectivity index (χ4n) is 2.99. The van der Waals surface area contributed by atoms with E-state index in [0.29, 0.717) is 0 Å². The first kappa shape index (κ1) is 12.2. The maximum atomic E-state index is 12.2. The number of hydrogen-bond donors (Lipinski definition) is 0. The van der Waals surface area contributed by atoms with Crippen LogP contribution >= 0.6 is 11.3 Å². The molecule has 3 nitrogen and oxygen atoms in total. The van der Waals surface area contributed by atoms with Gasteiger partial charge in [-0.1, -0.05) is 0 Å². The molecule has 1 amide bonds. The first-order chi connectivity index (χ1) is 8.79. The molecule has 2 aliphatic rings. The van der Waals surface area contributed by atoms with Crippen LogP contribution in [0.2, 0.25) is 0 Å². The van der Waals surface area contributed by atoms with E-state index >= 15 is 0 Å². The number of hydrogen-bond acceptors (Lipinski definition) is 3. The van der Waals surface area contributed by atoms with Crippen molar-refractivity contribution in [2.75, 3.05) is 19.7 Å². The van der Waals surface area contributed by atoms with Gasteiger partial charge in [-0.2, -0.15) is 11.3 Å². The molecule has 0 unspecified atom stereocenters. The molecular formula is C14H19NO2S. The highest BCUT2D eigenvalue weighted by Gasteiger charge is 2.38. The second-order valence-electron chi connectivity index (χ2n) is 5.29.